The minimum Gasteiger partial charge on any atom is -0.337 e. The molecule has 0 radical (unpaired) electrons. The predicted octanol–water partition coefficient (Wildman–Crippen LogP) is 5.19. The van der Waals surface area contributed by atoms with Gasteiger partial charge in [0.25, 0.3) is 0 Å². The van der Waals surface area contributed by atoms with Gasteiger partial charge in [-0.25, -0.2) is 0 Å². The average molecular weight is 432 g/mol. The summed E-state index contributed by atoms with van der Waals surface area (Å²) in [6, 6.07) is 15.3. The third-order valence-corrected chi connectivity index (χ3v) is 7.99. The Balaban J connectivity index is 1.33. The lowest BCUT2D eigenvalue weighted by atomic mass is 9.89. The van der Waals surface area contributed by atoms with Crippen molar-refractivity contribution in [2.75, 3.05) is 19.6 Å². The Morgan fingerprint density at radius 1 is 1.00 bits per heavy atom. The molecule has 1 saturated heterocycles. The SMILES string of the molecule is O=C(N(Cc1cccnc1)C[C@H]1CCCN(C2CCCCC2)C1)C1(c2ccccc2)CC1. The minimum absolute atomic E-state index is 0.304. The van der Waals surface area contributed by atoms with Crippen molar-refractivity contribution in [2.45, 2.75) is 75.8 Å². The maximum atomic E-state index is 14.0. The second-order valence-corrected chi connectivity index (χ2v) is 10.3. The molecule has 4 heteroatoms. The number of benzene rings is 1. The highest BCUT2D eigenvalue weighted by atomic mass is 16.2. The quantitative estimate of drug-likeness (QED) is 0.606. The maximum absolute atomic E-state index is 14.0. The highest BCUT2D eigenvalue weighted by molar-refractivity contribution is 5.91. The van der Waals surface area contributed by atoms with Gasteiger partial charge in [0.1, 0.15) is 0 Å². The van der Waals surface area contributed by atoms with Crippen LogP contribution in [0, 0.1) is 5.92 Å². The van der Waals surface area contributed by atoms with Crippen molar-refractivity contribution in [3.8, 4) is 0 Å². The van der Waals surface area contributed by atoms with E-state index in [0.717, 1.165) is 37.5 Å². The van der Waals surface area contributed by atoms with E-state index in [1.807, 2.05) is 24.5 Å². The largest absolute Gasteiger partial charge is 0.337 e. The van der Waals surface area contributed by atoms with Gasteiger partial charge in [-0.05, 0) is 68.2 Å². The molecule has 2 saturated carbocycles. The molecule has 0 N–H and O–H groups in total. The number of aromatic nitrogens is 1. The van der Waals surface area contributed by atoms with E-state index in [2.05, 4.69) is 45.1 Å². The fourth-order valence-corrected chi connectivity index (χ4v) is 6.08. The van der Waals surface area contributed by atoms with Gasteiger partial charge in [-0.2, -0.15) is 0 Å². The first kappa shape index (κ1) is 21.6. The standard InChI is InChI=1S/C28H37N3O/c32-27(28(15-16-28)25-11-3-1-4-12-25)31(20-23-9-7-17-29-19-23)22-24-10-8-18-30(21-24)26-13-5-2-6-14-26/h1,3-4,7,9,11-12,17,19,24,26H,2,5-6,8,10,13-16,18,20-22H2/t24-/m0/s1. The van der Waals surface area contributed by atoms with Crippen LogP contribution in [-0.2, 0) is 16.8 Å². The van der Waals surface area contributed by atoms with Crippen molar-refractivity contribution in [1.29, 1.82) is 0 Å². The zero-order valence-corrected chi connectivity index (χ0v) is 19.3. The van der Waals surface area contributed by atoms with Gasteiger partial charge >= 0.3 is 0 Å². The van der Waals surface area contributed by atoms with Gasteiger partial charge in [0.2, 0.25) is 5.91 Å². The molecule has 0 unspecified atom stereocenters. The molecule has 0 spiro atoms. The molecule has 1 amide bonds. The topological polar surface area (TPSA) is 36.4 Å². The van der Waals surface area contributed by atoms with Crippen LogP contribution in [-0.4, -0.2) is 46.4 Å². The van der Waals surface area contributed by atoms with E-state index in [1.54, 1.807) is 0 Å². The molecule has 32 heavy (non-hydrogen) atoms. The Hall–Kier alpha value is -2.20. The first-order valence-corrected chi connectivity index (χ1v) is 12.7. The molecule has 1 aromatic carbocycles. The fourth-order valence-electron chi connectivity index (χ4n) is 6.08. The molecule has 170 valence electrons. The molecule has 3 fully saturated rings. The van der Waals surface area contributed by atoms with Crippen LogP contribution in [0.1, 0.15) is 68.9 Å². The van der Waals surface area contributed by atoms with Gasteiger partial charge in [-0.15, -0.1) is 0 Å². The Morgan fingerprint density at radius 2 is 1.81 bits per heavy atom. The van der Waals surface area contributed by atoms with Gasteiger partial charge in [0, 0.05) is 38.1 Å². The number of likely N-dealkylation sites (tertiary alicyclic amines) is 1. The van der Waals surface area contributed by atoms with Crippen molar-refractivity contribution in [1.82, 2.24) is 14.8 Å². The van der Waals surface area contributed by atoms with Crippen LogP contribution < -0.4 is 0 Å². The van der Waals surface area contributed by atoms with Gasteiger partial charge in [0.15, 0.2) is 0 Å². The predicted molar refractivity (Wildman–Crippen MR) is 128 cm³/mol. The van der Waals surface area contributed by atoms with Crippen molar-refractivity contribution in [2.24, 2.45) is 5.92 Å². The van der Waals surface area contributed by atoms with E-state index in [0.29, 0.717) is 18.4 Å². The molecule has 2 aliphatic carbocycles. The number of nitrogens with zero attached hydrogens (tertiary/aromatic N) is 3. The minimum atomic E-state index is -0.304. The summed E-state index contributed by atoms with van der Waals surface area (Å²) in [5.41, 5.74) is 2.01. The summed E-state index contributed by atoms with van der Waals surface area (Å²) in [7, 11) is 0. The molecule has 5 rings (SSSR count). The van der Waals surface area contributed by atoms with Crippen LogP contribution in [0.25, 0.3) is 0 Å². The Morgan fingerprint density at radius 3 is 2.53 bits per heavy atom. The summed E-state index contributed by atoms with van der Waals surface area (Å²) in [5.74, 6) is 0.889. The third kappa shape index (κ3) is 4.76. The summed E-state index contributed by atoms with van der Waals surface area (Å²) in [6.07, 6.45) is 15.1. The van der Waals surface area contributed by atoms with Gasteiger partial charge in [-0.3, -0.25) is 9.78 Å². The highest BCUT2D eigenvalue weighted by Crippen LogP contribution is 2.50. The van der Waals surface area contributed by atoms with Crippen LogP contribution in [0.4, 0.5) is 0 Å². The second-order valence-electron chi connectivity index (χ2n) is 10.3. The Kier molecular flexibility index (Phi) is 6.59. The number of hydrogen-bond acceptors (Lipinski definition) is 3. The summed E-state index contributed by atoms with van der Waals surface area (Å²) in [5, 5.41) is 0. The van der Waals surface area contributed by atoms with Crippen molar-refractivity contribution < 1.29 is 4.79 Å². The Labute approximate surface area is 193 Å². The lowest BCUT2D eigenvalue weighted by molar-refractivity contribution is -0.135. The Bertz CT molecular complexity index is 874. The van der Waals surface area contributed by atoms with Gasteiger partial charge in [-0.1, -0.05) is 55.7 Å². The van der Waals surface area contributed by atoms with E-state index in [9.17, 15) is 4.79 Å². The molecule has 4 nitrogen and oxygen atoms in total. The van der Waals surface area contributed by atoms with E-state index in [4.69, 9.17) is 0 Å². The van der Waals surface area contributed by atoms with Crippen LogP contribution in [0.2, 0.25) is 0 Å². The highest BCUT2D eigenvalue weighted by Gasteiger charge is 2.53. The number of rotatable bonds is 7. The molecule has 1 atom stereocenters. The number of carbonyl (C=O) groups is 1. The van der Waals surface area contributed by atoms with E-state index < -0.39 is 0 Å². The van der Waals surface area contributed by atoms with Crippen molar-refractivity contribution in [3.05, 3.63) is 66.0 Å². The number of amides is 1. The number of carbonyl (C=O) groups excluding carboxylic acids is 1. The average Bonchev–Trinajstić information content (AvgIpc) is 3.67. The summed E-state index contributed by atoms with van der Waals surface area (Å²) < 4.78 is 0. The molecule has 2 aromatic rings. The van der Waals surface area contributed by atoms with Crippen LogP contribution >= 0.6 is 0 Å². The monoisotopic (exact) mass is 431 g/mol. The van der Waals surface area contributed by atoms with Crippen LogP contribution in [0.15, 0.2) is 54.9 Å². The fraction of sp³-hybridized carbons (Fsp3) is 0.571. The van der Waals surface area contributed by atoms with Gasteiger partial charge < -0.3 is 9.80 Å². The number of pyridine rings is 1. The zero-order valence-electron chi connectivity index (χ0n) is 19.3. The number of hydrogen-bond donors (Lipinski definition) is 0. The molecule has 1 aliphatic heterocycles. The molecule has 3 aliphatic rings. The lowest BCUT2D eigenvalue weighted by Crippen LogP contribution is -2.48. The molecule has 2 heterocycles. The van der Waals surface area contributed by atoms with Gasteiger partial charge in [0.05, 0.1) is 5.41 Å². The smallest absolute Gasteiger partial charge is 0.233 e. The van der Waals surface area contributed by atoms with E-state index in [-0.39, 0.29) is 5.41 Å². The van der Waals surface area contributed by atoms with Crippen LogP contribution in [0.3, 0.4) is 0 Å². The summed E-state index contributed by atoms with van der Waals surface area (Å²) in [4.78, 5) is 23.2. The summed E-state index contributed by atoms with van der Waals surface area (Å²) >= 11 is 0. The number of piperidine rings is 1. The molecular formula is C28H37N3O. The van der Waals surface area contributed by atoms with Crippen LogP contribution in [0.5, 0.6) is 0 Å². The van der Waals surface area contributed by atoms with Crippen molar-refractivity contribution >= 4 is 5.91 Å². The summed E-state index contributed by atoms with van der Waals surface area (Å²) in [6.45, 7) is 3.93. The third-order valence-electron chi connectivity index (χ3n) is 7.99. The van der Waals surface area contributed by atoms with E-state index in [1.165, 1.54) is 57.1 Å². The first-order valence-electron chi connectivity index (χ1n) is 12.7. The van der Waals surface area contributed by atoms with Crippen molar-refractivity contribution in [3.63, 3.8) is 0 Å². The molecule has 1 aromatic heterocycles. The molecular weight excluding hydrogens is 394 g/mol. The first-order chi connectivity index (χ1) is 15.7. The maximum Gasteiger partial charge on any atom is 0.233 e. The zero-order chi connectivity index (χ0) is 21.8. The molecule has 0 bridgehead atoms. The lowest BCUT2D eigenvalue weighted by Gasteiger charge is -2.41. The van der Waals surface area contributed by atoms with E-state index >= 15 is 0 Å². The second kappa shape index (κ2) is 9.74. The normalized spacial score (nSPS) is 23.6.